The number of hydrogen-bond acceptors (Lipinski definition) is 3. The molecule has 0 radical (unpaired) electrons. The van der Waals surface area contributed by atoms with Gasteiger partial charge in [0.25, 0.3) is 0 Å². The van der Waals surface area contributed by atoms with Gasteiger partial charge in [0, 0.05) is 0 Å². The first-order valence-electron chi connectivity index (χ1n) is 2.65. The summed E-state index contributed by atoms with van der Waals surface area (Å²) in [5.74, 6) is 0. The first-order valence-corrected chi connectivity index (χ1v) is 2.65. The van der Waals surface area contributed by atoms with Crippen molar-refractivity contribution in [2.75, 3.05) is 20.0 Å². The maximum atomic E-state index is 5.63. The Morgan fingerprint density at radius 3 is 2.12 bits per heavy atom. The molecule has 8 heavy (non-hydrogen) atoms. The van der Waals surface area contributed by atoms with Gasteiger partial charge in [0.05, 0.1) is 18.8 Å². The van der Waals surface area contributed by atoms with Gasteiger partial charge in [-0.25, -0.2) is 0 Å². The van der Waals surface area contributed by atoms with Gasteiger partial charge in [-0.2, -0.15) is 0 Å². The van der Waals surface area contributed by atoms with E-state index in [9.17, 15) is 0 Å². The average Bonchev–Trinajstić information content (AvgIpc) is 1.65. The molecule has 0 aromatic carbocycles. The van der Waals surface area contributed by atoms with Gasteiger partial charge in [0.2, 0.25) is 0 Å². The lowest BCUT2D eigenvalue weighted by atomic mass is 10.1. The van der Waals surface area contributed by atoms with Crippen molar-refractivity contribution in [3.05, 3.63) is 0 Å². The lowest BCUT2D eigenvalue weighted by molar-refractivity contribution is -0.130. The molecule has 0 aromatic heterocycles. The van der Waals surface area contributed by atoms with E-state index in [0.29, 0.717) is 20.0 Å². The van der Waals surface area contributed by atoms with E-state index in [1.165, 1.54) is 0 Å². The van der Waals surface area contributed by atoms with E-state index in [0.717, 1.165) is 0 Å². The van der Waals surface area contributed by atoms with E-state index >= 15 is 0 Å². The second-order valence-corrected chi connectivity index (χ2v) is 2.47. The summed E-state index contributed by atoms with van der Waals surface area (Å²) in [7, 11) is 0. The highest BCUT2D eigenvalue weighted by atomic mass is 16.7. The number of nitrogens with two attached hydrogens (primary N) is 1. The first kappa shape index (κ1) is 6.01. The lowest BCUT2D eigenvalue weighted by Gasteiger charge is -2.28. The molecule has 48 valence electrons. The summed E-state index contributed by atoms with van der Waals surface area (Å²) < 4.78 is 9.88. The van der Waals surface area contributed by atoms with Crippen LogP contribution in [0.15, 0.2) is 0 Å². The predicted octanol–water partition coefficient (Wildman–Crippen LogP) is -0.292. The van der Waals surface area contributed by atoms with Crippen molar-refractivity contribution in [3.63, 3.8) is 0 Å². The van der Waals surface area contributed by atoms with Crippen LogP contribution in [0.2, 0.25) is 0 Å². The molecular weight excluding hydrogens is 106 g/mol. The van der Waals surface area contributed by atoms with E-state index in [1.54, 1.807) is 0 Å². The highest BCUT2D eigenvalue weighted by molar-refractivity contribution is 4.78. The zero-order chi connectivity index (χ0) is 6.04. The Labute approximate surface area is 48.8 Å². The van der Waals surface area contributed by atoms with Crippen LogP contribution in [0.1, 0.15) is 6.92 Å². The number of rotatable bonds is 0. The van der Waals surface area contributed by atoms with Crippen LogP contribution in [-0.2, 0) is 9.47 Å². The van der Waals surface area contributed by atoms with Crippen LogP contribution >= 0.6 is 0 Å². The van der Waals surface area contributed by atoms with E-state index in [4.69, 9.17) is 15.2 Å². The van der Waals surface area contributed by atoms with Gasteiger partial charge in [0.1, 0.15) is 6.79 Å². The Morgan fingerprint density at radius 2 is 1.88 bits per heavy atom. The molecular formula is C5H11NO2. The molecule has 0 atom stereocenters. The van der Waals surface area contributed by atoms with Gasteiger partial charge in [-0.1, -0.05) is 0 Å². The Hall–Kier alpha value is -0.120. The van der Waals surface area contributed by atoms with Gasteiger partial charge < -0.3 is 15.2 Å². The van der Waals surface area contributed by atoms with Crippen LogP contribution in [0.5, 0.6) is 0 Å². The molecule has 0 saturated carbocycles. The Kier molecular flexibility index (Phi) is 1.51. The minimum Gasteiger partial charge on any atom is -0.353 e. The summed E-state index contributed by atoms with van der Waals surface area (Å²) in [4.78, 5) is 0. The van der Waals surface area contributed by atoms with Crippen molar-refractivity contribution in [3.8, 4) is 0 Å². The van der Waals surface area contributed by atoms with Crippen molar-refractivity contribution < 1.29 is 9.47 Å². The molecule has 1 rings (SSSR count). The largest absolute Gasteiger partial charge is 0.353 e. The number of ether oxygens (including phenoxy) is 2. The molecule has 0 bridgehead atoms. The molecule has 0 spiro atoms. The summed E-state index contributed by atoms with van der Waals surface area (Å²) in [6.45, 7) is 3.51. The standard InChI is InChI=1S/C5H11NO2/c1-5(6)2-7-4-8-3-5/h2-4,6H2,1H3. The number of hydrogen-bond donors (Lipinski definition) is 1. The highest BCUT2D eigenvalue weighted by Crippen LogP contribution is 2.05. The second kappa shape index (κ2) is 2.01. The fourth-order valence-corrected chi connectivity index (χ4v) is 0.650. The van der Waals surface area contributed by atoms with Crippen LogP contribution in [0.3, 0.4) is 0 Å². The van der Waals surface area contributed by atoms with Gasteiger partial charge >= 0.3 is 0 Å². The third kappa shape index (κ3) is 1.43. The Balaban J connectivity index is 2.33. The van der Waals surface area contributed by atoms with Crippen LogP contribution in [-0.4, -0.2) is 25.5 Å². The van der Waals surface area contributed by atoms with Gasteiger partial charge in [-0.05, 0) is 6.92 Å². The van der Waals surface area contributed by atoms with Crippen LogP contribution in [0.25, 0.3) is 0 Å². The molecule has 0 amide bonds. The first-order chi connectivity index (χ1) is 3.71. The Bertz CT molecular complexity index is 74.5. The minimum atomic E-state index is -0.266. The molecule has 1 fully saturated rings. The second-order valence-electron chi connectivity index (χ2n) is 2.47. The van der Waals surface area contributed by atoms with Crippen LogP contribution in [0.4, 0.5) is 0 Å². The monoisotopic (exact) mass is 117 g/mol. The molecule has 2 N–H and O–H groups in total. The molecule has 1 heterocycles. The molecule has 1 aliphatic heterocycles. The molecule has 0 aromatic rings. The van der Waals surface area contributed by atoms with Crippen molar-refractivity contribution in [1.29, 1.82) is 0 Å². The van der Waals surface area contributed by atoms with Gasteiger partial charge in [-0.3, -0.25) is 0 Å². The Morgan fingerprint density at radius 1 is 1.38 bits per heavy atom. The fraction of sp³-hybridized carbons (Fsp3) is 1.00. The third-order valence-corrected chi connectivity index (χ3v) is 1.03. The molecule has 1 aliphatic rings. The topological polar surface area (TPSA) is 44.5 Å². The summed E-state index contributed by atoms with van der Waals surface area (Å²) in [6.07, 6.45) is 0. The molecule has 1 saturated heterocycles. The smallest absolute Gasteiger partial charge is 0.146 e. The summed E-state index contributed by atoms with van der Waals surface area (Å²) in [5.41, 5.74) is 5.36. The van der Waals surface area contributed by atoms with Crippen LogP contribution < -0.4 is 5.73 Å². The quantitative estimate of drug-likeness (QED) is 0.474. The summed E-state index contributed by atoms with van der Waals surface area (Å²) in [6, 6.07) is 0. The van der Waals surface area contributed by atoms with E-state index in [2.05, 4.69) is 0 Å². The molecule has 3 nitrogen and oxygen atoms in total. The van der Waals surface area contributed by atoms with Crippen LogP contribution in [0, 0.1) is 0 Å². The molecule has 0 unspecified atom stereocenters. The SMILES string of the molecule is CC1(N)COCOC1. The summed E-state index contributed by atoms with van der Waals surface area (Å²) in [5, 5.41) is 0. The van der Waals surface area contributed by atoms with E-state index in [1.807, 2.05) is 6.92 Å². The predicted molar refractivity (Wildman–Crippen MR) is 29.4 cm³/mol. The highest BCUT2D eigenvalue weighted by Gasteiger charge is 2.22. The van der Waals surface area contributed by atoms with Gasteiger partial charge in [-0.15, -0.1) is 0 Å². The summed E-state index contributed by atoms with van der Waals surface area (Å²) >= 11 is 0. The maximum Gasteiger partial charge on any atom is 0.146 e. The van der Waals surface area contributed by atoms with E-state index in [-0.39, 0.29) is 5.54 Å². The molecule has 0 aliphatic carbocycles. The third-order valence-electron chi connectivity index (χ3n) is 1.03. The van der Waals surface area contributed by atoms with Crippen molar-refractivity contribution in [1.82, 2.24) is 0 Å². The van der Waals surface area contributed by atoms with E-state index < -0.39 is 0 Å². The van der Waals surface area contributed by atoms with Gasteiger partial charge in [0.15, 0.2) is 0 Å². The average molecular weight is 117 g/mol. The van der Waals surface area contributed by atoms with Crippen molar-refractivity contribution >= 4 is 0 Å². The molecule has 3 heteroatoms. The minimum absolute atomic E-state index is 0.266. The normalized spacial score (nSPS) is 27.8. The van der Waals surface area contributed by atoms with Crippen molar-refractivity contribution in [2.45, 2.75) is 12.5 Å². The maximum absolute atomic E-state index is 5.63. The lowest BCUT2D eigenvalue weighted by Crippen LogP contribution is -2.49. The fourth-order valence-electron chi connectivity index (χ4n) is 0.650. The zero-order valence-corrected chi connectivity index (χ0v) is 5.02. The van der Waals surface area contributed by atoms with Crippen molar-refractivity contribution in [2.24, 2.45) is 5.73 Å². The zero-order valence-electron chi connectivity index (χ0n) is 5.02.